The molecule has 6 bridgehead atoms. The van der Waals surface area contributed by atoms with Crippen LogP contribution in [0.15, 0.2) is 66.7 Å². The highest BCUT2D eigenvalue weighted by Crippen LogP contribution is 2.31. The molecule has 7 rings (SSSR count). The molecule has 2 atom stereocenters. The summed E-state index contributed by atoms with van der Waals surface area (Å²) in [4.78, 5) is 50.4. The van der Waals surface area contributed by atoms with Gasteiger partial charge < -0.3 is 24.6 Å². The molecule has 2 saturated heterocycles. The molecule has 0 unspecified atom stereocenters. The Balaban J connectivity index is 1.22. The number of hydrogen-bond acceptors (Lipinski definition) is 7. The number of rotatable bonds is 3. The van der Waals surface area contributed by atoms with Crippen molar-refractivity contribution in [3.63, 3.8) is 0 Å². The maximum absolute atomic E-state index is 14.6. The second-order valence-electron chi connectivity index (χ2n) is 12.9. The molecule has 266 valence electrons. The molecule has 3 amide bonds. The number of halogens is 4. The Hall–Kier alpha value is -4.56. The van der Waals surface area contributed by atoms with Gasteiger partial charge in [-0.15, -0.1) is 0 Å². The zero-order valence-corrected chi connectivity index (χ0v) is 27.4. The van der Waals surface area contributed by atoms with Crippen molar-refractivity contribution in [2.45, 2.75) is 44.1 Å². The monoisotopic (exact) mass is 697 g/mol. The standard InChI is InChI=1S/C36H39F4N5O5/c37-29-5-2-1-4-28(29)34(47)44-16-17-49-18-19-50-32-7-3-6-30(42-32)33(46)41-27-20-31(35(48)43-14-12-25(21-44)13-15-43)45(23-27)22-24-8-10-26(11-9-24)36(38,39)40/h1-11,25,27,31H,12-23H2,(H,41,46)/t27-,31-/m0/s1. The summed E-state index contributed by atoms with van der Waals surface area (Å²) in [5.74, 6) is -1.33. The van der Waals surface area contributed by atoms with Gasteiger partial charge in [-0.25, -0.2) is 9.37 Å². The number of pyridine rings is 1. The number of piperidine rings is 1. The van der Waals surface area contributed by atoms with E-state index in [0.717, 1.165) is 12.1 Å². The zero-order chi connectivity index (χ0) is 35.3. The predicted octanol–water partition coefficient (Wildman–Crippen LogP) is 4.40. The molecule has 4 aliphatic heterocycles. The minimum absolute atomic E-state index is 0.0213. The fourth-order valence-corrected chi connectivity index (χ4v) is 6.78. The molecular weight excluding hydrogens is 658 g/mol. The largest absolute Gasteiger partial charge is 0.475 e. The van der Waals surface area contributed by atoms with Crippen molar-refractivity contribution in [2.24, 2.45) is 5.92 Å². The van der Waals surface area contributed by atoms with Crippen LogP contribution in [0.1, 0.15) is 51.2 Å². The van der Waals surface area contributed by atoms with Crippen molar-refractivity contribution in [2.75, 3.05) is 52.5 Å². The lowest BCUT2D eigenvalue weighted by atomic mass is 9.95. The summed E-state index contributed by atoms with van der Waals surface area (Å²) in [6, 6.07) is 14.5. The van der Waals surface area contributed by atoms with Crippen LogP contribution in [0, 0.1) is 11.7 Å². The van der Waals surface area contributed by atoms with Crippen LogP contribution in [0.25, 0.3) is 0 Å². The molecule has 0 spiro atoms. The van der Waals surface area contributed by atoms with Gasteiger partial charge in [0.1, 0.15) is 18.1 Å². The molecule has 0 saturated carbocycles. The van der Waals surface area contributed by atoms with Crippen molar-refractivity contribution < 1.29 is 41.4 Å². The smallest absolute Gasteiger partial charge is 0.416 e. The van der Waals surface area contributed by atoms with Crippen molar-refractivity contribution in [3.8, 4) is 5.88 Å². The van der Waals surface area contributed by atoms with Crippen LogP contribution in [0.3, 0.4) is 0 Å². The first kappa shape index (κ1) is 35.3. The molecule has 2 aromatic carbocycles. The molecule has 1 aromatic heterocycles. The van der Waals surface area contributed by atoms with Crippen molar-refractivity contribution in [3.05, 3.63) is 94.9 Å². The van der Waals surface area contributed by atoms with E-state index in [9.17, 15) is 31.9 Å². The summed E-state index contributed by atoms with van der Waals surface area (Å²) in [6.07, 6.45) is -2.91. The molecule has 3 aromatic rings. The van der Waals surface area contributed by atoms with Crippen LogP contribution in [-0.2, 0) is 22.3 Å². The summed E-state index contributed by atoms with van der Waals surface area (Å²) in [7, 11) is 0. The number of carbonyl (C=O) groups excluding carboxylic acids is 3. The van der Waals surface area contributed by atoms with E-state index >= 15 is 0 Å². The molecule has 50 heavy (non-hydrogen) atoms. The third-order valence-electron chi connectivity index (χ3n) is 9.43. The number of benzene rings is 2. The predicted molar refractivity (Wildman–Crippen MR) is 174 cm³/mol. The van der Waals surface area contributed by atoms with Crippen LogP contribution in [0.2, 0.25) is 0 Å². The van der Waals surface area contributed by atoms with Gasteiger partial charge in [0.2, 0.25) is 11.8 Å². The SMILES string of the molecule is O=C1N[C@H]2C[C@@H](C(=O)N3CCC(CC3)CN(C(=O)c3ccccc3F)CCOCCOc3cccc1n3)N(Cc1ccc(C(F)(F)F)cc1)C2. The Morgan fingerprint density at radius 1 is 0.900 bits per heavy atom. The Morgan fingerprint density at radius 3 is 2.40 bits per heavy atom. The van der Waals surface area contributed by atoms with Gasteiger partial charge in [-0.2, -0.15) is 13.2 Å². The van der Waals surface area contributed by atoms with E-state index in [1.165, 1.54) is 30.3 Å². The number of carbonyl (C=O) groups is 3. The summed E-state index contributed by atoms with van der Waals surface area (Å²) < 4.78 is 65.7. The van der Waals surface area contributed by atoms with Crippen molar-refractivity contribution in [1.82, 2.24) is 25.0 Å². The number of ether oxygens (including phenoxy) is 2. The molecular formula is C36H39F4N5O5. The average Bonchev–Trinajstić information content (AvgIpc) is 3.50. The number of likely N-dealkylation sites (tertiary alicyclic amines) is 1. The summed E-state index contributed by atoms with van der Waals surface area (Å²) in [5.41, 5.74) is -0.0394. The van der Waals surface area contributed by atoms with E-state index in [4.69, 9.17) is 9.47 Å². The van der Waals surface area contributed by atoms with E-state index < -0.39 is 41.5 Å². The van der Waals surface area contributed by atoms with Crippen molar-refractivity contribution >= 4 is 17.7 Å². The quantitative estimate of drug-likeness (QED) is 0.320. The fourth-order valence-electron chi connectivity index (χ4n) is 6.78. The van der Waals surface area contributed by atoms with Crippen LogP contribution in [0.4, 0.5) is 17.6 Å². The van der Waals surface area contributed by atoms with Gasteiger partial charge in [-0.05, 0) is 61.1 Å². The minimum Gasteiger partial charge on any atom is -0.475 e. The number of amides is 3. The topological polar surface area (TPSA) is 104 Å². The van der Waals surface area contributed by atoms with Gasteiger partial charge in [-0.3, -0.25) is 19.3 Å². The number of aromatic nitrogens is 1. The van der Waals surface area contributed by atoms with E-state index in [-0.39, 0.29) is 61.9 Å². The lowest BCUT2D eigenvalue weighted by Crippen LogP contribution is -2.49. The molecule has 0 aliphatic carbocycles. The average molecular weight is 698 g/mol. The first-order valence-corrected chi connectivity index (χ1v) is 16.8. The highest BCUT2D eigenvalue weighted by atomic mass is 19.4. The zero-order valence-electron chi connectivity index (χ0n) is 27.4. The second kappa shape index (κ2) is 15.5. The fraction of sp³-hybridized carbons (Fsp3) is 0.444. The third kappa shape index (κ3) is 8.59. The molecule has 2 fully saturated rings. The molecule has 1 N–H and O–H groups in total. The first-order valence-electron chi connectivity index (χ1n) is 16.8. The van der Waals surface area contributed by atoms with E-state index in [1.807, 2.05) is 4.90 Å². The van der Waals surface area contributed by atoms with Crippen LogP contribution >= 0.6 is 0 Å². The van der Waals surface area contributed by atoms with Gasteiger partial charge in [0.25, 0.3) is 11.8 Å². The van der Waals surface area contributed by atoms with Crippen LogP contribution < -0.4 is 10.1 Å². The van der Waals surface area contributed by atoms with Crippen LogP contribution in [0.5, 0.6) is 5.88 Å². The van der Waals surface area contributed by atoms with Crippen LogP contribution in [-0.4, -0.2) is 102 Å². The van der Waals surface area contributed by atoms with Gasteiger partial charge in [0.05, 0.1) is 30.4 Å². The number of alkyl halides is 3. The van der Waals surface area contributed by atoms with Crippen molar-refractivity contribution in [1.29, 1.82) is 0 Å². The van der Waals surface area contributed by atoms with Gasteiger partial charge >= 0.3 is 6.18 Å². The Bertz CT molecular complexity index is 1670. The summed E-state index contributed by atoms with van der Waals surface area (Å²) in [5, 5.41) is 2.98. The van der Waals surface area contributed by atoms with E-state index in [0.29, 0.717) is 51.0 Å². The second-order valence-corrected chi connectivity index (χ2v) is 12.9. The summed E-state index contributed by atoms with van der Waals surface area (Å²) >= 11 is 0. The lowest BCUT2D eigenvalue weighted by molar-refractivity contribution is -0.138. The Morgan fingerprint density at radius 2 is 1.66 bits per heavy atom. The summed E-state index contributed by atoms with van der Waals surface area (Å²) in [6.45, 7) is 2.52. The maximum atomic E-state index is 14.6. The van der Waals surface area contributed by atoms with Gasteiger partial charge in [0.15, 0.2) is 0 Å². The normalized spacial score (nSPS) is 22.8. The third-order valence-corrected chi connectivity index (χ3v) is 9.43. The molecule has 5 heterocycles. The van der Waals surface area contributed by atoms with E-state index in [1.54, 1.807) is 34.1 Å². The highest BCUT2D eigenvalue weighted by molar-refractivity contribution is 5.94. The molecule has 4 aliphatic rings. The van der Waals surface area contributed by atoms with Gasteiger partial charge in [-0.1, -0.05) is 30.3 Å². The number of nitrogens with one attached hydrogen (secondary N) is 1. The molecule has 14 heteroatoms. The minimum atomic E-state index is -4.46. The number of fused-ring (bicyclic) bond motifs is 10. The Labute approximate surface area is 287 Å². The molecule has 10 nitrogen and oxygen atoms in total. The highest BCUT2D eigenvalue weighted by Gasteiger charge is 2.41. The molecule has 0 radical (unpaired) electrons. The lowest BCUT2D eigenvalue weighted by Gasteiger charge is -2.37. The number of hydrogen-bond donors (Lipinski definition) is 1. The maximum Gasteiger partial charge on any atom is 0.416 e. The number of nitrogens with zero attached hydrogens (tertiary/aromatic N) is 4. The first-order chi connectivity index (χ1) is 24.0. The Kier molecular flexibility index (Phi) is 11.0. The van der Waals surface area contributed by atoms with Gasteiger partial charge in [0, 0.05) is 51.4 Å². The van der Waals surface area contributed by atoms with E-state index in [2.05, 4.69) is 10.3 Å².